The fraction of sp³-hybridized carbons (Fsp3) is 0.714. The molecular weight excluding hydrogens is 128 g/mol. The van der Waals surface area contributed by atoms with Crippen LogP contribution >= 0.6 is 0 Å². The molecule has 1 aliphatic heterocycles. The minimum atomic E-state index is 0.286. The van der Waals surface area contributed by atoms with Crippen molar-refractivity contribution in [2.75, 3.05) is 26.9 Å². The van der Waals surface area contributed by atoms with Crippen LogP contribution in [-0.2, 0) is 0 Å². The molecule has 0 fully saturated rings. The van der Waals surface area contributed by atoms with Gasteiger partial charge in [-0.15, -0.1) is 0 Å². The molecule has 0 bridgehead atoms. The van der Waals surface area contributed by atoms with Gasteiger partial charge in [0.05, 0.1) is 6.67 Å². The molecule has 0 unspecified atom stereocenters. The van der Waals surface area contributed by atoms with E-state index in [1.165, 1.54) is 0 Å². The Morgan fingerprint density at radius 2 is 2.30 bits per heavy atom. The van der Waals surface area contributed by atoms with E-state index < -0.39 is 0 Å². The van der Waals surface area contributed by atoms with Crippen LogP contribution < -0.4 is 0 Å². The van der Waals surface area contributed by atoms with Gasteiger partial charge in [0.25, 0.3) is 0 Å². The van der Waals surface area contributed by atoms with Crippen molar-refractivity contribution in [2.24, 2.45) is 0 Å². The van der Waals surface area contributed by atoms with Gasteiger partial charge in [0.1, 0.15) is 0 Å². The Hall–Kier alpha value is -0.700. The lowest BCUT2D eigenvalue weighted by Crippen LogP contribution is -2.23. The highest BCUT2D eigenvalue weighted by molar-refractivity contribution is 4.88. The highest BCUT2D eigenvalue weighted by Gasteiger charge is 2.05. The van der Waals surface area contributed by atoms with Crippen LogP contribution in [0.5, 0.6) is 0 Å². The van der Waals surface area contributed by atoms with Crippen molar-refractivity contribution in [2.45, 2.75) is 6.42 Å². The van der Waals surface area contributed by atoms with Gasteiger partial charge in [-0.25, -0.2) is 0 Å². The van der Waals surface area contributed by atoms with Gasteiger partial charge in [0.2, 0.25) is 0 Å². The molecule has 3 heteroatoms. The smallest absolute Gasteiger partial charge is 0.0890 e. The average Bonchev–Trinajstić information content (AvgIpc) is 2.31. The molecule has 0 aliphatic carbocycles. The lowest BCUT2D eigenvalue weighted by Gasteiger charge is -2.16. The Bertz CT molecular complexity index is 125. The second kappa shape index (κ2) is 3.46. The molecule has 0 saturated heterocycles. The summed E-state index contributed by atoms with van der Waals surface area (Å²) in [7, 11) is 2.04. The second-order valence-electron chi connectivity index (χ2n) is 2.59. The van der Waals surface area contributed by atoms with E-state index in [1.807, 2.05) is 13.2 Å². The zero-order valence-corrected chi connectivity index (χ0v) is 6.32. The third kappa shape index (κ3) is 1.92. The molecule has 58 valence electrons. The van der Waals surface area contributed by atoms with E-state index >= 15 is 0 Å². The highest BCUT2D eigenvalue weighted by Crippen LogP contribution is 2.03. The first-order valence-corrected chi connectivity index (χ1v) is 3.56. The third-order valence-corrected chi connectivity index (χ3v) is 1.54. The molecule has 10 heavy (non-hydrogen) atoms. The fourth-order valence-corrected chi connectivity index (χ4v) is 1.01. The molecule has 1 heterocycles. The predicted octanol–water partition coefficient (Wildman–Crippen LogP) is 0.0449. The number of rotatable bonds is 3. The molecule has 0 saturated carbocycles. The predicted molar refractivity (Wildman–Crippen MR) is 40.2 cm³/mol. The average molecular weight is 142 g/mol. The van der Waals surface area contributed by atoms with E-state index in [2.05, 4.69) is 16.0 Å². The summed E-state index contributed by atoms with van der Waals surface area (Å²) in [5.41, 5.74) is 0. The summed E-state index contributed by atoms with van der Waals surface area (Å²) in [6.07, 6.45) is 4.95. The summed E-state index contributed by atoms with van der Waals surface area (Å²) in [5.74, 6) is 0. The number of nitrogens with zero attached hydrogens (tertiary/aromatic N) is 2. The molecular formula is C7H14N2O. The van der Waals surface area contributed by atoms with Crippen LogP contribution in [0, 0.1) is 0 Å². The normalized spacial score (nSPS) is 17.0. The summed E-state index contributed by atoms with van der Waals surface area (Å²) in [6.45, 7) is 2.20. The Balaban J connectivity index is 2.14. The first-order chi connectivity index (χ1) is 4.83. The number of aliphatic hydroxyl groups excluding tert-OH is 1. The summed E-state index contributed by atoms with van der Waals surface area (Å²) < 4.78 is 0. The van der Waals surface area contributed by atoms with E-state index in [9.17, 15) is 0 Å². The topological polar surface area (TPSA) is 26.7 Å². The zero-order valence-electron chi connectivity index (χ0n) is 6.32. The van der Waals surface area contributed by atoms with Crippen molar-refractivity contribution in [3.63, 3.8) is 0 Å². The van der Waals surface area contributed by atoms with Crippen molar-refractivity contribution in [3.05, 3.63) is 12.4 Å². The summed E-state index contributed by atoms with van der Waals surface area (Å²) >= 11 is 0. The van der Waals surface area contributed by atoms with Gasteiger partial charge in [-0.3, -0.25) is 0 Å². The van der Waals surface area contributed by atoms with Gasteiger partial charge >= 0.3 is 0 Å². The maximum Gasteiger partial charge on any atom is 0.0890 e. The van der Waals surface area contributed by atoms with Crippen LogP contribution in [0.1, 0.15) is 6.42 Å². The van der Waals surface area contributed by atoms with Crippen LogP contribution in [0.2, 0.25) is 0 Å². The quantitative estimate of drug-likeness (QED) is 0.603. The van der Waals surface area contributed by atoms with E-state index in [4.69, 9.17) is 5.11 Å². The largest absolute Gasteiger partial charge is 0.396 e. The van der Waals surface area contributed by atoms with Gasteiger partial charge in [-0.1, -0.05) is 0 Å². The summed E-state index contributed by atoms with van der Waals surface area (Å²) in [6, 6.07) is 0. The molecule has 0 radical (unpaired) electrons. The number of hydrogen-bond acceptors (Lipinski definition) is 3. The van der Waals surface area contributed by atoms with Gasteiger partial charge in [-0.05, 0) is 6.42 Å². The fourth-order valence-electron chi connectivity index (χ4n) is 1.01. The van der Waals surface area contributed by atoms with Crippen molar-refractivity contribution in [3.8, 4) is 0 Å². The van der Waals surface area contributed by atoms with E-state index in [0.29, 0.717) is 0 Å². The SMILES string of the molecule is CN1C=CN(CCCO)C1. The monoisotopic (exact) mass is 142 g/mol. The van der Waals surface area contributed by atoms with Crippen molar-refractivity contribution >= 4 is 0 Å². The molecule has 0 amide bonds. The molecule has 0 atom stereocenters. The molecule has 1 N–H and O–H groups in total. The maximum atomic E-state index is 8.53. The van der Waals surface area contributed by atoms with Gasteiger partial charge in [-0.2, -0.15) is 0 Å². The zero-order chi connectivity index (χ0) is 7.40. The summed E-state index contributed by atoms with van der Waals surface area (Å²) in [5, 5.41) is 8.53. The van der Waals surface area contributed by atoms with Gasteiger partial charge < -0.3 is 14.9 Å². The molecule has 0 spiro atoms. The van der Waals surface area contributed by atoms with Gasteiger partial charge in [0.15, 0.2) is 0 Å². The third-order valence-electron chi connectivity index (χ3n) is 1.54. The second-order valence-corrected chi connectivity index (χ2v) is 2.59. The Morgan fingerprint density at radius 3 is 2.80 bits per heavy atom. The van der Waals surface area contributed by atoms with E-state index in [1.54, 1.807) is 0 Å². The first kappa shape index (κ1) is 7.41. The van der Waals surface area contributed by atoms with E-state index in [0.717, 1.165) is 19.6 Å². The number of aliphatic hydroxyl groups is 1. The molecule has 0 aromatic rings. The molecule has 1 rings (SSSR count). The van der Waals surface area contributed by atoms with Crippen molar-refractivity contribution in [1.29, 1.82) is 0 Å². The lowest BCUT2D eigenvalue weighted by atomic mass is 10.4. The van der Waals surface area contributed by atoms with E-state index in [-0.39, 0.29) is 6.61 Å². The molecule has 1 aliphatic rings. The number of hydrogen-bond donors (Lipinski definition) is 1. The van der Waals surface area contributed by atoms with Crippen molar-refractivity contribution < 1.29 is 5.11 Å². The molecule has 0 aromatic heterocycles. The molecule has 0 aromatic carbocycles. The van der Waals surface area contributed by atoms with Crippen LogP contribution in [0.3, 0.4) is 0 Å². The first-order valence-electron chi connectivity index (χ1n) is 3.56. The van der Waals surface area contributed by atoms with Crippen molar-refractivity contribution in [1.82, 2.24) is 9.80 Å². The van der Waals surface area contributed by atoms with Gasteiger partial charge in [0, 0.05) is 32.6 Å². The van der Waals surface area contributed by atoms with Crippen LogP contribution in [0.25, 0.3) is 0 Å². The Morgan fingerprint density at radius 1 is 1.50 bits per heavy atom. The maximum absolute atomic E-state index is 8.53. The highest BCUT2D eigenvalue weighted by atomic mass is 16.3. The minimum absolute atomic E-state index is 0.286. The standard InChI is InChI=1S/C7H14N2O/c1-8-4-5-9(7-8)3-2-6-10/h4-5,10H,2-3,6-7H2,1H3. The van der Waals surface area contributed by atoms with Crippen LogP contribution in [0.4, 0.5) is 0 Å². The Labute approximate surface area is 61.5 Å². The minimum Gasteiger partial charge on any atom is -0.396 e. The summed E-state index contributed by atoms with van der Waals surface area (Å²) in [4.78, 5) is 4.29. The lowest BCUT2D eigenvalue weighted by molar-refractivity contribution is 0.241. The van der Waals surface area contributed by atoms with Crippen LogP contribution in [-0.4, -0.2) is 41.8 Å². The Kier molecular flexibility index (Phi) is 2.57. The molecule has 3 nitrogen and oxygen atoms in total. The van der Waals surface area contributed by atoms with Crippen LogP contribution in [0.15, 0.2) is 12.4 Å².